The van der Waals surface area contributed by atoms with Crippen molar-refractivity contribution >= 4 is 34.6 Å². The highest BCUT2D eigenvalue weighted by molar-refractivity contribution is 6.32. The standard InChI is InChI=1S/C14H12ClFN2O3/c1-21-13-4-7(2-3-9(13)15)18-12-6-10(16)8(14(19)20)5-11(12)17/h2-6,18H,17H2,1H3,(H,19,20). The summed E-state index contributed by atoms with van der Waals surface area (Å²) in [6.45, 7) is 0. The molecule has 5 nitrogen and oxygen atoms in total. The van der Waals surface area contributed by atoms with E-state index in [0.717, 1.165) is 12.1 Å². The van der Waals surface area contributed by atoms with Crippen molar-refractivity contribution in [2.45, 2.75) is 0 Å². The normalized spacial score (nSPS) is 10.2. The van der Waals surface area contributed by atoms with Crippen molar-refractivity contribution in [2.24, 2.45) is 0 Å². The molecule has 0 heterocycles. The quantitative estimate of drug-likeness (QED) is 0.752. The van der Waals surface area contributed by atoms with E-state index < -0.39 is 17.3 Å². The highest BCUT2D eigenvalue weighted by Gasteiger charge is 2.14. The average molecular weight is 311 g/mol. The molecule has 110 valence electrons. The Morgan fingerprint density at radius 2 is 2.10 bits per heavy atom. The van der Waals surface area contributed by atoms with Gasteiger partial charge in [-0.1, -0.05) is 11.6 Å². The second kappa shape index (κ2) is 5.88. The summed E-state index contributed by atoms with van der Waals surface area (Å²) in [7, 11) is 1.47. The zero-order chi connectivity index (χ0) is 15.6. The van der Waals surface area contributed by atoms with Crippen LogP contribution in [0.4, 0.5) is 21.5 Å². The third kappa shape index (κ3) is 3.17. The van der Waals surface area contributed by atoms with E-state index in [9.17, 15) is 9.18 Å². The molecule has 0 aliphatic carbocycles. The van der Waals surface area contributed by atoms with Crippen LogP contribution in [-0.4, -0.2) is 18.2 Å². The fourth-order valence-electron chi connectivity index (χ4n) is 1.76. The number of aromatic carboxylic acids is 1. The van der Waals surface area contributed by atoms with Crippen molar-refractivity contribution < 1.29 is 19.0 Å². The number of benzene rings is 2. The van der Waals surface area contributed by atoms with Gasteiger partial charge in [0.2, 0.25) is 0 Å². The number of carboxylic acids is 1. The van der Waals surface area contributed by atoms with Crippen LogP contribution in [0.15, 0.2) is 30.3 Å². The zero-order valence-electron chi connectivity index (χ0n) is 11.0. The van der Waals surface area contributed by atoms with Gasteiger partial charge in [-0.25, -0.2) is 9.18 Å². The molecule has 0 aromatic heterocycles. The van der Waals surface area contributed by atoms with Crippen LogP contribution in [0.3, 0.4) is 0 Å². The van der Waals surface area contributed by atoms with Gasteiger partial charge in [-0.2, -0.15) is 0 Å². The number of nitrogens with two attached hydrogens (primary N) is 1. The predicted octanol–water partition coefficient (Wildman–Crippen LogP) is 3.51. The number of hydrogen-bond donors (Lipinski definition) is 3. The number of methoxy groups -OCH3 is 1. The van der Waals surface area contributed by atoms with Gasteiger partial charge in [-0.3, -0.25) is 0 Å². The summed E-state index contributed by atoms with van der Waals surface area (Å²) in [4.78, 5) is 10.8. The number of rotatable bonds is 4. The summed E-state index contributed by atoms with van der Waals surface area (Å²) in [6.07, 6.45) is 0. The van der Waals surface area contributed by atoms with Crippen molar-refractivity contribution in [1.82, 2.24) is 0 Å². The number of ether oxygens (including phenoxy) is 1. The Bertz CT molecular complexity index is 707. The molecule has 0 bridgehead atoms. The maximum atomic E-state index is 13.7. The molecule has 4 N–H and O–H groups in total. The smallest absolute Gasteiger partial charge is 0.338 e. The largest absolute Gasteiger partial charge is 0.495 e. The zero-order valence-corrected chi connectivity index (χ0v) is 11.7. The molecule has 2 rings (SSSR count). The minimum absolute atomic E-state index is 0.114. The van der Waals surface area contributed by atoms with Gasteiger partial charge in [0.1, 0.15) is 11.6 Å². The molecule has 21 heavy (non-hydrogen) atoms. The number of nitrogens with one attached hydrogen (secondary N) is 1. The molecule has 2 aromatic rings. The van der Waals surface area contributed by atoms with Crippen LogP contribution in [-0.2, 0) is 0 Å². The Morgan fingerprint density at radius 1 is 1.38 bits per heavy atom. The van der Waals surface area contributed by atoms with E-state index in [1.165, 1.54) is 7.11 Å². The third-order valence-corrected chi connectivity index (χ3v) is 3.11. The van der Waals surface area contributed by atoms with Gasteiger partial charge in [0.25, 0.3) is 0 Å². The highest BCUT2D eigenvalue weighted by atomic mass is 35.5. The van der Waals surface area contributed by atoms with E-state index in [4.69, 9.17) is 27.2 Å². The highest BCUT2D eigenvalue weighted by Crippen LogP contribution is 2.31. The number of halogens is 2. The third-order valence-electron chi connectivity index (χ3n) is 2.80. The number of carbonyl (C=O) groups is 1. The summed E-state index contributed by atoms with van der Waals surface area (Å²) in [5.74, 6) is -1.80. The first kappa shape index (κ1) is 14.9. The Hall–Kier alpha value is -2.47. The first-order valence-corrected chi connectivity index (χ1v) is 6.23. The fraction of sp³-hybridized carbons (Fsp3) is 0.0714. The van der Waals surface area contributed by atoms with Gasteiger partial charge in [-0.05, 0) is 18.2 Å². The Balaban J connectivity index is 2.36. The Labute approximate surface area is 125 Å². The molecule has 0 unspecified atom stereocenters. The second-order valence-corrected chi connectivity index (χ2v) is 4.61. The lowest BCUT2D eigenvalue weighted by Crippen LogP contribution is -2.05. The summed E-state index contributed by atoms with van der Waals surface area (Å²) in [6, 6.07) is 6.98. The van der Waals surface area contributed by atoms with Crippen LogP contribution in [0.1, 0.15) is 10.4 Å². The number of hydrogen-bond acceptors (Lipinski definition) is 4. The molecule has 0 radical (unpaired) electrons. The van der Waals surface area contributed by atoms with Crippen molar-refractivity contribution in [3.63, 3.8) is 0 Å². The summed E-state index contributed by atoms with van der Waals surface area (Å²) in [5, 5.41) is 12.1. The molecular formula is C14H12ClFN2O3. The first-order valence-electron chi connectivity index (χ1n) is 5.85. The molecule has 0 saturated heterocycles. The predicted molar refractivity (Wildman–Crippen MR) is 79.1 cm³/mol. The number of nitrogen functional groups attached to an aromatic ring is 1. The van der Waals surface area contributed by atoms with Crippen LogP contribution in [0.25, 0.3) is 0 Å². The van der Waals surface area contributed by atoms with Crippen LogP contribution < -0.4 is 15.8 Å². The van der Waals surface area contributed by atoms with E-state index in [1.54, 1.807) is 18.2 Å². The molecule has 0 fully saturated rings. The minimum Gasteiger partial charge on any atom is -0.495 e. The van der Waals surface area contributed by atoms with E-state index in [2.05, 4.69) is 5.32 Å². The van der Waals surface area contributed by atoms with Crippen LogP contribution in [0.5, 0.6) is 5.75 Å². The molecule has 2 aromatic carbocycles. The SMILES string of the molecule is COc1cc(Nc2cc(F)c(C(=O)O)cc2N)ccc1Cl. The lowest BCUT2D eigenvalue weighted by Gasteiger charge is -2.12. The maximum absolute atomic E-state index is 13.7. The summed E-state index contributed by atoms with van der Waals surface area (Å²) in [5.41, 5.74) is 6.19. The van der Waals surface area contributed by atoms with Gasteiger partial charge >= 0.3 is 5.97 Å². The molecule has 7 heteroatoms. The summed E-state index contributed by atoms with van der Waals surface area (Å²) >= 11 is 5.91. The lowest BCUT2D eigenvalue weighted by molar-refractivity contribution is 0.0692. The van der Waals surface area contributed by atoms with Gasteiger partial charge in [-0.15, -0.1) is 0 Å². The molecule has 0 saturated carbocycles. The fourth-order valence-corrected chi connectivity index (χ4v) is 1.95. The van der Waals surface area contributed by atoms with Gasteiger partial charge in [0.05, 0.1) is 29.1 Å². The molecule has 0 atom stereocenters. The molecular weight excluding hydrogens is 299 g/mol. The summed E-state index contributed by atoms with van der Waals surface area (Å²) < 4.78 is 18.7. The van der Waals surface area contributed by atoms with Gasteiger partial charge < -0.3 is 20.9 Å². The molecule has 0 aliphatic rings. The monoisotopic (exact) mass is 310 g/mol. The Kier molecular flexibility index (Phi) is 4.18. The number of anilines is 3. The van der Waals surface area contributed by atoms with Gasteiger partial charge in [0, 0.05) is 17.8 Å². The van der Waals surface area contributed by atoms with Crippen molar-refractivity contribution in [3.8, 4) is 5.75 Å². The van der Waals surface area contributed by atoms with E-state index >= 15 is 0 Å². The second-order valence-electron chi connectivity index (χ2n) is 4.20. The van der Waals surface area contributed by atoms with Crippen molar-refractivity contribution in [1.29, 1.82) is 0 Å². The van der Waals surface area contributed by atoms with Crippen LogP contribution in [0.2, 0.25) is 5.02 Å². The van der Waals surface area contributed by atoms with Crippen LogP contribution in [0, 0.1) is 5.82 Å². The van der Waals surface area contributed by atoms with E-state index in [0.29, 0.717) is 16.5 Å². The van der Waals surface area contributed by atoms with E-state index in [1.807, 2.05) is 0 Å². The molecule has 0 spiro atoms. The minimum atomic E-state index is -1.38. The van der Waals surface area contributed by atoms with Crippen molar-refractivity contribution in [3.05, 3.63) is 46.7 Å². The van der Waals surface area contributed by atoms with Crippen LogP contribution >= 0.6 is 11.6 Å². The number of carboxylic acid groups (broad SMARTS) is 1. The van der Waals surface area contributed by atoms with E-state index in [-0.39, 0.29) is 11.4 Å². The van der Waals surface area contributed by atoms with Gasteiger partial charge in [0.15, 0.2) is 0 Å². The Morgan fingerprint density at radius 3 is 2.71 bits per heavy atom. The average Bonchev–Trinajstić information content (AvgIpc) is 2.44. The maximum Gasteiger partial charge on any atom is 0.338 e. The topological polar surface area (TPSA) is 84.6 Å². The molecule has 0 aliphatic heterocycles. The first-order chi connectivity index (χ1) is 9.92. The lowest BCUT2D eigenvalue weighted by atomic mass is 10.1. The molecule has 0 amide bonds. The van der Waals surface area contributed by atoms with Crippen molar-refractivity contribution in [2.75, 3.05) is 18.2 Å².